The van der Waals surface area contributed by atoms with Gasteiger partial charge in [-0.25, -0.2) is 4.98 Å². The summed E-state index contributed by atoms with van der Waals surface area (Å²) in [5.74, 6) is -0.220. The van der Waals surface area contributed by atoms with Crippen molar-refractivity contribution in [3.63, 3.8) is 0 Å². The van der Waals surface area contributed by atoms with Crippen molar-refractivity contribution in [2.24, 2.45) is 0 Å². The van der Waals surface area contributed by atoms with E-state index < -0.39 is 0 Å². The highest BCUT2D eigenvalue weighted by molar-refractivity contribution is 5.91. The van der Waals surface area contributed by atoms with Crippen molar-refractivity contribution in [3.8, 4) is 0 Å². The monoisotopic (exact) mass is 340 g/mol. The maximum atomic E-state index is 12.1. The molecule has 0 unspecified atom stereocenters. The Balaban J connectivity index is 1.36. The van der Waals surface area contributed by atoms with E-state index in [0.29, 0.717) is 12.2 Å². The second kappa shape index (κ2) is 7.31. The van der Waals surface area contributed by atoms with Gasteiger partial charge in [0, 0.05) is 31.5 Å². The van der Waals surface area contributed by atoms with Gasteiger partial charge < -0.3 is 5.32 Å². The van der Waals surface area contributed by atoms with Gasteiger partial charge in [-0.1, -0.05) is 19.3 Å². The molecule has 0 atom stereocenters. The van der Waals surface area contributed by atoms with E-state index in [1.807, 2.05) is 0 Å². The number of hydrogen-bond donors (Lipinski definition) is 1. The summed E-state index contributed by atoms with van der Waals surface area (Å²) in [4.78, 5) is 22.6. The summed E-state index contributed by atoms with van der Waals surface area (Å²) in [6.45, 7) is 3.39. The first-order valence-corrected chi connectivity index (χ1v) is 9.13. The van der Waals surface area contributed by atoms with E-state index >= 15 is 0 Å². The number of nitrogens with one attached hydrogen (secondary N) is 1. The number of amides is 1. The molecule has 7 heteroatoms. The molecule has 1 N–H and O–H groups in total. The molecule has 0 spiro atoms. The average Bonchev–Trinajstić information content (AvgIpc) is 3.09. The molecule has 1 amide bonds. The molecule has 25 heavy (non-hydrogen) atoms. The van der Waals surface area contributed by atoms with Gasteiger partial charge in [0.25, 0.3) is 5.91 Å². The fourth-order valence-corrected chi connectivity index (χ4v) is 3.87. The van der Waals surface area contributed by atoms with Crippen LogP contribution in [0.1, 0.15) is 54.0 Å². The van der Waals surface area contributed by atoms with Crippen LogP contribution in [0.25, 0.3) is 0 Å². The minimum absolute atomic E-state index is 0.220. The van der Waals surface area contributed by atoms with Crippen LogP contribution in [0.2, 0.25) is 0 Å². The smallest absolute Gasteiger partial charge is 0.271 e. The molecule has 0 radical (unpaired) electrons. The topological polar surface area (TPSA) is 75.9 Å². The summed E-state index contributed by atoms with van der Waals surface area (Å²) in [5.41, 5.74) is 2.48. The van der Waals surface area contributed by atoms with Gasteiger partial charge in [0.2, 0.25) is 0 Å². The minimum atomic E-state index is -0.220. The zero-order chi connectivity index (χ0) is 17.1. The molecule has 4 rings (SSSR count). The SMILES string of the molecule is O=C(NCc1cc2n(n1)CCN(C1CCCCC1)C2)c1cnccn1. The van der Waals surface area contributed by atoms with Gasteiger partial charge in [0.1, 0.15) is 5.69 Å². The van der Waals surface area contributed by atoms with E-state index in [1.54, 1.807) is 6.20 Å². The van der Waals surface area contributed by atoms with E-state index in [0.717, 1.165) is 31.4 Å². The normalized spacial score (nSPS) is 18.7. The number of aromatic nitrogens is 4. The van der Waals surface area contributed by atoms with E-state index in [1.165, 1.54) is 50.2 Å². The fourth-order valence-electron chi connectivity index (χ4n) is 3.87. The Labute approximate surface area is 147 Å². The third-order valence-corrected chi connectivity index (χ3v) is 5.19. The molecule has 0 bridgehead atoms. The molecular weight excluding hydrogens is 316 g/mol. The van der Waals surface area contributed by atoms with Crippen molar-refractivity contribution in [2.75, 3.05) is 6.54 Å². The van der Waals surface area contributed by atoms with Gasteiger partial charge in [-0.2, -0.15) is 5.10 Å². The highest BCUT2D eigenvalue weighted by Gasteiger charge is 2.26. The molecule has 0 saturated heterocycles. The highest BCUT2D eigenvalue weighted by atomic mass is 16.1. The fraction of sp³-hybridized carbons (Fsp3) is 0.556. The number of hydrogen-bond acceptors (Lipinski definition) is 5. The summed E-state index contributed by atoms with van der Waals surface area (Å²) in [7, 11) is 0. The van der Waals surface area contributed by atoms with Gasteiger partial charge in [-0.15, -0.1) is 0 Å². The second-order valence-corrected chi connectivity index (χ2v) is 6.89. The molecule has 0 aromatic carbocycles. The number of carbonyl (C=O) groups excluding carboxylic acids is 1. The molecule has 1 aliphatic carbocycles. The summed E-state index contributed by atoms with van der Waals surface area (Å²) in [6.07, 6.45) is 11.3. The Morgan fingerprint density at radius 2 is 2.08 bits per heavy atom. The Hall–Kier alpha value is -2.28. The first-order chi connectivity index (χ1) is 12.3. The molecule has 7 nitrogen and oxygen atoms in total. The summed E-state index contributed by atoms with van der Waals surface area (Å²) in [5, 5.41) is 7.50. The number of carbonyl (C=O) groups is 1. The third-order valence-electron chi connectivity index (χ3n) is 5.19. The lowest BCUT2D eigenvalue weighted by molar-refractivity contribution is 0.0945. The van der Waals surface area contributed by atoms with E-state index in [2.05, 4.69) is 36.0 Å². The number of rotatable bonds is 4. The van der Waals surface area contributed by atoms with Crippen LogP contribution in [0.4, 0.5) is 0 Å². The Morgan fingerprint density at radius 1 is 1.20 bits per heavy atom. The van der Waals surface area contributed by atoms with Crippen LogP contribution >= 0.6 is 0 Å². The van der Waals surface area contributed by atoms with Crippen LogP contribution in [-0.4, -0.2) is 43.1 Å². The largest absolute Gasteiger partial charge is 0.345 e. The lowest BCUT2D eigenvalue weighted by Gasteiger charge is -2.36. The van der Waals surface area contributed by atoms with Crippen LogP contribution in [0.3, 0.4) is 0 Å². The van der Waals surface area contributed by atoms with Crippen LogP contribution in [0.15, 0.2) is 24.7 Å². The quantitative estimate of drug-likeness (QED) is 0.918. The number of fused-ring (bicyclic) bond motifs is 1. The molecule has 2 aromatic heterocycles. The van der Waals surface area contributed by atoms with Crippen LogP contribution in [0.5, 0.6) is 0 Å². The maximum Gasteiger partial charge on any atom is 0.271 e. The van der Waals surface area contributed by atoms with Crippen LogP contribution < -0.4 is 5.32 Å². The summed E-state index contributed by atoms with van der Waals surface area (Å²) in [6, 6.07) is 2.85. The van der Waals surface area contributed by atoms with Gasteiger partial charge in [-0.05, 0) is 18.9 Å². The average molecular weight is 340 g/mol. The van der Waals surface area contributed by atoms with Crippen LogP contribution in [-0.2, 0) is 19.6 Å². The number of nitrogens with zero attached hydrogens (tertiary/aromatic N) is 5. The summed E-state index contributed by atoms with van der Waals surface area (Å²) < 4.78 is 2.09. The third kappa shape index (κ3) is 3.71. The van der Waals surface area contributed by atoms with Gasteiger partial charge >= 0.3 is 0 Å². The zero-order valence-electron chi connectivity index (χ0n) is 14.4. The van der Waals surface area contributed by atoms with Crippen LogP contribution in [0, 0.1) is 0 Å². The molecule has 1 saturated carbocycles. The van der Waals surface area contributed by atoms with Gasteiger partial charge in [-0.3, -0.25) is 19.4 Å². The maximum absolute atomic E-state index is 12.1. The first kappa shape index (κ1) is 16.2. The predicted molar refractivity (Wildman–Crippen MR) is 92.7 cm³/mol. The van der Waals surface area contributed by atoms with E-state index in [4.69, 9.17) is 0 Å². The van der Waals surface area contributed by atoms with Crippen molar-refractivity contribution in [2.45, 2.75) is 57.8 Å². The predicted octanol–water partition coefficient (Wildman–Crippen LogP) is 1.75. The standard InChI is InChI=1S/C18H24N6O/c25-18(17-12-19-6-7-20-17)21-11-14-10-16-13-23(8-9-24(16)22-14)15-4-2-1-3-5-15/h6-7,10,12,15H,1-5,8-9,11,13H2,(H,21,25). The van der Waals surface area contributed by atoms with Crippen molar-refractivity contribution in [3.05, 3.63) is 41.7 Å². The van der Waals surface area contributed by atoms with E-state index in [-0.39, 0.29) is 5.91 Å². The minimum Gasteiger partial charge on any atom is -0.345 e. The molecule has 132 valence electrons. The highest BCUT2D eigenvalue weighted by Crippen LogP contribution is 2.26. The van der Waals surface area contributed by atoms with Crippen molar-refractivity contribution in [1.29, 1.82) is 0 Å². The molecule has 3 heterocycles. The molecule has 1 aliphatic heterocycles. The van der Waals surface area contributed by atoms with Crippen molar-refractivity contribution in [1.82, 2.24) is 30.0 Å². The summed E-state index contributed by atoms with van der Waals surface area (Å²) >= 11 is 0. The van der Waals surface area contributed by atoms with Gasteiger partial charge in [0.05, 0.1) is 30.7 Å². The molecule has 1 fully saturated rings. The lowest BCUT2D eigenvalue weighted by atomic mass is 9.94. The van der Waals surface area contributed by atoms with Crippen molar-refractivity contribution < 1.29 is 4.79 Å². The molecule has 2 aromatic rings. The Bertz CT molecular complexity index is 722. The first-order valence-electron chi connectivity index (χ1n) is 9.13. The van der Waals surface area contributed by atoms with Crippen molar-refractivity contribution >= 4 is 5.91 Å². The zero-order valence-corrected chi connectivity index (χ0v) is 14.4. The Kier molecular flexibility index (Phi) is 4.74. The lowest BCUT2D eigenvalue weighted by Crippen LogP contribution is -2.42. The van der Waals surface area contributed by atoms with Gasteiger partial charge in [0.15, 0.2) is 0 Å². The molecular formula is C18H24N6O. The second-order valence-electron chi connectivity index (χ2n) is 6.89. The molecule has 2 aliphatic rings. The van der Waals surface area contributed by atoms with E-state index in [9.17, 15) is 4.79 Å². The Morgan fingerprint density at radius 3 is 2.88 bits per heavy atom.